The first-order valence-electron chi connectivity index (χ1n) is 8.48. The highest BCUT2D eigenvalue weighted by Crippen LogP contribution is 2.26. The molecule has 0 saturated carbocycles. The van der Waals surface area contributed by atoms with Crippen molar-refractivity contribution in [3.8, 4) is 5.75 Å². The summed E-state index contributed by atoms with van der Waals surface area (Å²) in [5, 5.41) is 17.2. The van der Waals surface area contributed by atoms with E-state index in [4.69, 9.17) is 9.78 Å². The first-order valence-corrected chi connectivity index (χ1v) is 8.48. The Bertz CT molecular complexity index is 409. The molecule has 0 unspecified atom stereocenters. The van der Waals surface area contributed by atoms with Crippen molar-refractivity contribution in [3.63, 3.8) is 0 Å². The van der Waals surface area contributed by atoms with Crippen LogP contribution in [0.15, 0.2) is 18.2 Å². The van der Waals surface area contributed by atoms with Crippen molar-refractivity contribution < 1.29 is 29.9 Å². The van der Waals surface area contributed by atoms with Gasteiger partial charge in [-0.2, -0.15) is 0 Å². The van der Waals surface area contributed by atoms with E-state index in [-0.39, 0.29) is 0 Å². The van der Waals surface area contributed by atoms with Gasteiger partial charge < -0.3 is 4.89 Å². The summed E-state index contributed by atoms with van der Waals surface area (Å²) in [6.45, 7) is 2.60. The summed E-state index contributed by atoms with van der Waals surface area (Å²) in [6.07, 6.45) is 10.5. The van der Waals surface area contributed by atoms with Gasteiger partial charge in [-0.05, 0) is 41.0 Å². The van der Waals surface area contributed by atoms with Crippen LogP contribution in [0, 0.1) is 0 Å². The van der Waals surface area contributed by atoms with Gasteiger partial charge in [0.15, 0.2) is 5.75 Å². The maximum atomic E-state index is 5.14. The van der Waals surface area contributed by atoms with Gasteiger partial charge in [0, 0.05) is 15.6 Å². The molecule has 0 amide bonds. The van der Waals surface area contributed by atoms with Gasteiger partial charge in [0.25, 0.3) is 0 Å². The Morgan fingerprint density at radius 2 is 1.65 bits per heavy atom. The van der Waals surface area contributed by atoms with Crippen LogP contribution < -0.4 is 4.89 Å². The molecule has 0 spiro atoms. The summed E-state index contributed by atoms with van der Waals surface area (Å²) in [5.41, 5.74) is 2.28. The smallest absolute Gasteiger partial charge is 0.172 e. The lowest BCUT2D eigenvalue weighted by Gasteiger charge is -2.12. The molecule has 6 nitrogen and oxygen atoms in total. The van der Waals surface area contributed by atoms with Gasteiger partial charge >= 0.3 is 0 Å². The summed E-state index contributed by atoms with van der Waals surface area (Å²) in [4.78, 5) is 9.95. The molecular formula is C17H26O6. The van der Waals surface area contributed by atoms with Crippen LogP contribution in [0.2, 0.25) is 0 Å². The van der Waals surface area contributed by atoms with Crippen molar-refractivity contribution in [3.05, 3.63) is 29.3 Å². The quantitative estimate of drug-likeness (QED) is 0.515. The molecule has 1 aromatic rings. The van der Waals surface area contributed by atoms with E-state index in [0.717, 1.165) is 24.0 Å². The molecule has 1 aromatic carbocycles. The molecule has 2 rings (SSSR count). The van der Waals surface area contributed by atoms with Gasteiger partial charge in [0.2, 0.25) is 0 Å². The minimum Gasteiger partial charge on any atom is -0.306 e. The molecule has 2 bridgehead atoms. The van der Waals surface area contributed by atoms with Crippen LogP contribution in [0.3, 0.4) is 0 Å². The lowest BCUT2D eigenvalue weighted by Crippen LogP contribution is -2.03. The normalized spacial score (nSPS) is 15.7. The maximum Gasteiger partial charge on any atom is 0.172 e. The van der Waals surface area contributed by atoms with Crippen LogP contribution in [0.4, 0.5) is 0 Å². The second-order valence-corrected chi connectivity index (χ2v) is 5.69. The molecule has 0 atom stereocenters. The van der Waals surface area contributed by atoms with E-state index in [1.165, 1.54) is 38.5 Å². The molecule has 1 heterocycles. The molecule has 0 fully saturated rings. The highest BCUT2D eigenvalue weighted by molar-refractivity contribution is 5.40. The molecule has 23 heavy (non-hydrogen) atoms. The summed E-state index contributed by atoms with van der Waals surface area (Å²) in [7, 11) is 0. The number of hydrogen-bond acceptors (Lipinski definition) is 6. The van der Waals surface area contributed by atoms with E-state index in [1.54, 1.807) is 0 Å². The van der Waals surface area contributed by atoms with Gasteiger partial charge in [-0.1, -0.05) is 57.6 Å². The fraction of sp³-hybridized carbons (Fsp3) is 0.647. The fourth-order valence-electron chi connectivity index (χ4n) is 2.74. The van der Waals surface area contributed by atoms with Gasteiger partial charge in [-0.3, -0.25) is 0 Å². The molecule has 0 aromatic heterocycles. The van der Waals surface area contributed by atoms with Crippen molar-refractivity contribution in [1.82, 2.24) is 0 Å². The maximum absolute atomic E-state index is 5.14. The molecule has 0 saturated heterocycles. The van der Waals surface area contributed by atoms with Crippen molar-refractivity contribution in [2.75, 3.05) is 6.61 Å². The van der Waals surface area contributed by atoms with E-state index < -0.39 is 0 Å². The van der Waals surface area contributed by atoms with E-state index in [0.29, 0.717) is 18.8 Å². The van der Waals surface area contributed by atoms with Gasteiger partial charge in [0.05, 0.1) is 6.61 Å². The number of hydrogen-bond donors (Lipinski definition) is 0. The highest BCUT2D eigenvalue weighted by Gasteiger charge is 2.12. The first-order chi connectivity index (χ1) is 11.4. The molecule has 130 valence electrons. The number of rotatable bonds is 8. The van der Waals surface area contributed by atoms with Crippen LogP contribution in [-0.2, 0) is 37.9 Å². The monoisotopic (exact) mass is 326 g/mol. The highest BCUT2D eigenvalue weighted by atomic mass is 17.8. The second kappa shape index (κ2) is 11.4. The molecule has 1 aliphatic rings. The Hall–Kier alpha value is -1.18. The molecule has 1 aliphatic heterocycles. The Kier molecular flexibility index (Phi) is 8.98. The summed E-state index contributed by atoms with van der Waals surface area (Å²) >= 11 is 0. The Balaban J connectivity index is 1.86. The SMILES string of the molecule is CCCCCCCCCc1c2cccc1OOOOOOCC2. The van der Waals surface area contributed by atoms with Gasteiger partial charge in [0.1, 0.15) is 0 Å². The van der Waals surface area contributed by atoms with E-state index in [1.807, 2.05) is 12.1 Å². The molecule has 0 radical (unpaired) electrons. The van der Waals surface area contributed by atoms with E-state index in [9.17, 15) is 0 Å². The standard InChI is InChI=1S/C17H26O6/c1-2-3-4-5-6-7-8-11-16-15-10-9-12-17(16)19-21-23-22-20-18-14-13-15/h9-10,12H,2-8,11,13-14H2,1H3. The first kappa shape index (κ1) is 18.2. The average molecular weight is 326 g/mol. The topological polar surface area (TPSA) is 55.4 Å². The Morgan fingerprint density at radius 1 is 0.870 bits per heavy atom. The third kappa shape index (κ3) is 6.85. The van der Waals surface area contributed by atoms with E-state index in [2.05, 4.69) is 33.1 Å². The fourth-order valence-corrected chi connectivity index (χ4v) is 2.74. The van der Waals surface area contributed by atoms with Crippen molar-refractivity contribution in [1.29, 1.82) is 0 Å². The average Bonchev–Trinajstić information content (AvgIpc) is 2.59. The van der Waals surface area contributed by atoms with Crippen molar-refractivity contribution in [2.45, 2.75) is 64.7 Å². The van der Waals surface area contributed by atoms with Crippen LogP contribution in [0.25, 0.3) is 0 Å². The summed E-state index contributed by atoms with van der Waals surface area (Å²) in [5.74, 6) is 0.638. The van der Waals surface area contributed by atoms with Crippen molar-refractivity contribution >= 4 is 0 Å². The predicted molar refractivity (Wildman–Crippen MR) is 82.8 cm³/mol. The Labute approximate surface area is 137 Å². The summed E-state index contributed by atoms with van der Waals surface area (Å²) in [6, 6.07) is 5.83. The van der Waals surface area contributed by atoms with Gasteiger partial charge in [-0.15, -0.1) is 0 Å². The van der Waals surface area contributed by atoms with Crippen LogP contribution in [-0.4, -0.2) is 6.61 Å². The number of unbranched alkanes of at least 4 members (excludes halogenated alkanes) is 6. The minimum atomic E-state index is 0.358. The Morgan fingerprint density at radius 3 is 2.52 bits per heavy atom. The summed E-state index contributed by atoms with van der Waals surface area (Å²) < 4.78 is 0. The van der Waals surface area contributed by atoms with E-state index >= 15 is 0 Å². The van der Waals surface area contributed by atoms with Gasteiger partial charge in [-0.25, -0.2) is 4.89 Å². The molecule has 6 heteroatoms. The number of fused-ring (bicyclic) bond motifs is 2. The largest absolute Gasteiger partial charge is 0.306 e. The molecule has 0 aliphatic carbocycles. The third-order valence-electron chi connectivity index (χ3n) is 3.97. The zero-order chi connectivity index (χ0) is 16.2. The van der Waals surface area contributed by atoms with Crippen molar-refractivity contribution in [2.24, 2.45) is 0 Å². The zero-order valence-corrected chi connectivity index (χ0v) is 13.8. The lowest BCUT2D eigenvalue weighted by atomic mass is 9.97. The number of benzene rings is 1. The van der Waals surface area contributed by atoms with Crippen LogP contribution in [0.5, 0.6) is 5.75 Å². The molecule has 0 N–H and O–H groups in total. The second-order valence-electron chi connectivity index (χ2n) is 5.69. The third-order valence-corrected chi connectivity index (χ3v) is 3.97. The van der Waals surface area contributed by atoms with Crippen LogP contribution >= 0.6 is 0 Å². The predicted octanol–water partition coefficient (Wildman–Crippen LogP) is 4.57. The molecular weight excluding hydrogens is 300 g/mol. The minimum absolute atomic E-state index is 0.358. The van der Waals surface area contributed by atoms with Crippen LogP contribution in [0.1, 0.15) is 63.0 Å². The lowest BCUT2D eigenvalue weighted by molar-refractivity contribution is -0.745. The zero-order valence-electron chi connectivity index (χ0n) is 13.8.